The normalized spacial score (nSPS) is 11.9. The van der Waals surface area contributed by atoms with E-state index in [2.05, 4.69) is 34.7 Å². The quantitative estimate of drug-likeness (QED) is 0.820. The average Bonchev–Trinajstić information content (AvgIpc) is 2.61. The number of aromatic nitrogens is 1. The van der Waals surface area contributed by atoms with E-state index in [9.17, 15) is 9.59 Å². The van der Waals surface area contributed by atoms with E-state index in [-0.39, 0.29) is 12.0 Å². The minimum Gasteiger partial charge on any atom is -0.341 e. The smallest absolute Gasteiger partial charge is 0.313 e. The number of nitrogens with one attached hydrogen (secondary N) is 2. The zero-order valence-electron chi connectivity index (χ0n) is 15.2. The van der Waals surface area contributed by atoms with Crippen molar-refractivity contribution in [1.82, 2.24) is 10.3 Å². The second kappa shape index (κ2) is 8.42. The summed E-state index contributed by atoms with van der Waals surface area (Å²) in [6.07, 6.45) is 4.13. The lowest BCUT2D eigenvalue weighted by Gasteiger charge is -2.23. The van der Waals surface area contributed by atoms with Gasteiger partial charge in [-0.05, 0) is 42.0 Å². The van der Waals surface area contributed by atoms with Crippen LogP contribution in [0.25, 0.3) is 0 Å². The van der Waals surface area contributed by atoms with Gasteiger partial charge < -0.3 is 10.6 Å². The van der Waals surface area contributed by atoms with E-state index in [4.69, 9.17) is 0 Å². The van der Waals surface area contributed by atoms with Gasteiger partial charge in [0.25, 0.3) is 0 Å². The highest BCUT2D eigenvalue weighted by Gasteiger charge is 2.22. The molecule has 0 fully saturated rings. The van der Waals surface area contributed by atoms with Gasteiger partial charge in [-0.25, -0.2) is 0 Å². The van der Waals surface area contributed by atoms with E-state index in [0.717, 1.165) is 17.5 Å². The second-order valence-corrected chi connectivity index (χ2v) is 6.44. The first kappa shape index (κ1) is 18.6. The van der Waals surface area contributed by atoms with Crippen molar-refractivity contribution in [3.05, 3.63) is 59.4 Å². The molecular formula is C20H25N3O2. The Bertz CT molecular complexity index is 739. The molecule has 1 aromatic carbocycles. The molecule has 0 spiro atoms. The molecule has 5 heteroatoms. The Morgan fingerprint density at radius 1 is 1.08 bits per heavy atom. The van der Waals surface area contributed by atoms with Crippen molar-refractivity contribution in [3.8, 4) is 0 Å². The molecule has 0 saturated heterocycles. The molecule has 1 unspecified atom stereocenters. The van der Waals surface area contributed by atoms with Crippen LogP contribution in [0.15, 0.2) is 42.7 Å². The zero-order valence-corrected chi connectivity index (χ0v) is 15.2. The number of aryl methyl sites for hydroxylation is 2. The number of carbonyl (C=O) groups excluding carboxylic acids is 2. The first-order chi connectivity index (χ1) is 11.9. The Morgan fingerprint density at radius 2 is 1.76 bits per heavy atom. The van der Waals surface area contributed by atoms with Crippen LogP contribution in [-0.2, 0) is 16.0 Å². The third kappa shape index (κ3) is 4.89. The minimum atomic E-state index is -0.688. The lowest BCUT2D eigenvalue weighted by atomic mass is 9.95. The Kier molecular flexibility index (Phi) is 6.28. The maximum absolute atomic E-state index is 12.3. The van der Waals surface area contributed by atoms with E-state index in [1.807, 2.05) is 32.9 Å². The van der Waals surface area contributed by atoms with Crippen molar-refractivity contribution in [3.63, 3.8) is 0 Å². The van der Waals surface area contributed by atoms with E-state index < -0.39 is 11.8 Å². The van der Waals surface area contributed by atoms with Gasteiger partial charge in [-0.3, -0.25) is 14.6 Å². The van der Waals surface area contributed by atoms with Gasteiger partial charge >= 0.3 is 11.8 Å². The van der Waals surface area contributed by atoms with E-state index >= 15 is 0 Å². The van der Waals surface area contributed by atoms with Gasteiger partial charge in [0.1, 0.15) is 0 Å². The second-order valence-electron chi connectivity index (χ2n) is 6.44. The summed E-state index contributed by atoms with van der Waals surface area (Å²) >= 11 is 0. The lowest BCUT2D eigenvalue weighted by molar-refractivity contribution is -0.136. The molecule has 2 amide bonds. The Labute approximate surface area is 148 Å². The van der Waals surface area contributed by atoms with Gasteiger partial charge in [-0.15, -0.1) is 0 Å². The molecule has 1 aromatic heterocycles. The van der Waals surface area contributed by atoms with Gasteiger partial charge in [-0.2, -0.15) is 0 Å². The number of carbonyl (C=O) groups is 2. The number of anilines is 1. The molecule has 0 radical (unpaired) electrons. The predicted octanol–water partition coefficient (Wildman–Crippen LogP) is 3.40. The van der Waals surface area contributed by atoms with Crippen molar-refractivity contribution in [2.24, 2.45) is 5.92 Å². The van der Waals surface area contributed by atoms with Crippen molar-refractivity contribution >= 4 is 17.5 Å². The summed E-state index contributed by atoms with van der Waals surface area (Å²) in [5.41, 5.74) is 3.62. The molecule has 132 valence electrons. The number of hydrogen-bond donors (Lipinski definition) is 2. The average molecular weight is 339 g/mol. The minimum absolute atomic E-state index is 0.157. The maximum atomic E-state index is 12.3. The van der Waals surface area contributed by atoms with Gasteiger partial charge in [0, 0.05) is 6.20 Å². The summed E-state index contributed by atoms with van der Waals surface area (Å²) in [5, 5.41) is 5.45. The van der Waals surface area contributed by atoms with Crippen LogP contribution in [0.2, 0.25) is 0 Å². The Hall–Kier alpha value is -2.69. The van der Waals surface area contributed by atoms with Crippen LogP contribution in [0, 0.1) is 12.8 Å². The monoisotopic (exact) mass is 339 g/mol. The van der Waals surface area contributed by atoms with E-state index in [1.165, 1.54) is 11.8 Å². The largest absolute Gasteiger partial charge is 0.341 e. The van der Waals surface area contributed by atoms with Crippen LogP contribution >= 0.6 is 0 Å². The number of benzene rings is 1. The molecule has 2 N–H and O–H groups in total. The third-order valence-electron chi connectivity index (χ3n) is 4.19. The molecule has 25 heavy (non-hydrogen) atoms. The summed E-state index contributed by atoms with van der Waals surface area (Å²) in [6.45, 7) is 7.98. The number of amides is 2. The fraction of sp³-hybridized carbons (Fsp3) is 0.350. The van der Waals surface area contributed by atoms with Crippen LogP contribution in [0.3, 0.4) is 0 Å². The third-order valence-corrected chi connectivity index (χ3v) is 4.19. The first-order valence-electron chi connectivity index (χ1n) is 8.53. The Morgan fingerprint density at radius 3 is 2.32 bits per heavy atom. The molecule has 2 rings (SSSR count). The standard InChI is InChI=1S/C20H25N3O2/c1-5-15-6-8-16(9-7-15)18(13(2)3)23-20(25)19(24)22-17-12-21-11-10-14(17)4/h6-13,18H,5H2,1-4H3,(H,22,24)(H,23,25). The van der Waals surface area contributed by atoms with Gasteiger partial charge in [0.15, 0.2) is 0 Å². The highest BCUT2D eigenvalue weighted by Crippen LogP contribution is 2.22. The van der Waals surface area contributed by atoms with Gasteiger partial charge in [0.2, 0.25) is 0 Å². The first-order valence-corrected chi connectivity index (χ1v) is 8.53. The highest BCUT2D eigenvalue weighted by molar-refractivity contribution is 6.39. The van der Waals surface area contributed by atoms with Crippen molar-refractivity contribution in [2.75, 3.05) is 5.32 Å². The molecule has 1 heterocycles. The summed E-state index contributed by atoms with van der Waals surface area (Å²) in [4.78, 5) is 28.5. The fourth-order valence-corrected chi connectivity index (χ4v) is 2.58. The molecule has 0 saturated carbocycles. The van der Waals surface area contributed by atoms with Crippen molar-refractivity contribution < 1.29 is 9.59 Å². The van der Waals surface area contributed by atoms with Crippen LogP contribution < -0.4 is 10.6 Å². The zero-order chi connectivity index (χ0) is 18.4. The molecule has 0 bridgehead atoms. The van der Waals surface area contributed by atoms with E-state index in [1.54, 1.807) is 12.3 Å². The molecule has 1 atom stereocenters. The molecule has 5 nitrogen and oxygen atoms in total. The molecule has 0 aliphatic heterocycles. The SMILES string of the molecule is CCc1ccc(C(NC(=O)C(=O)Nc2cnccc2C)C(C)C)cc1. The van der Waals surface area contributed by atoms with Gasteiger partial charge in [0.05, 0.1) is 17.9 Å². The molecule has 2 aromatic rings. The number of nitrogens with zero attached hydrogens (tertiary/aromatic N) is 1. The molecular weight excluding hydrogens is 314 g/mol. The number of hydrogen-bond acceptors (Lipinski definition) is 3. The van der Waals surface area contributed by atoms with Crippen molar-refractivity contribution in [1.29, 1.82) is 0 Å². The fourth-order valence-electron chi connectivity index (χ4n) is 2.58. The summed E-state index contributed by atoms with van der Waals surface area (Å²) < 4.78 is 0. The maximum Gasteiger partial charge on any atom is 0.313 e. The van der Waals surface area contributed by atoms with Crippen molar-refractivity contribution in [2.45, 2.75) is 40.2 Å². The topological polar surface area (TPSA) is 71.1 Å². The number of pyridine rings is 1. The number of rotatable bonds is 5. The van der Waals surface area contributed by atoms with E-state index in [0.29, 0.717) is 5.69 Å². The van der Waals surface area contributed by atoms with Gasteiger partial charge in [-0.1, -0.05) is 45.0 Å². The Balaban J connectivity index is 2.09. The summed E-state index contributed by atoms with van der Waals surface area (Å²) in [7, 11) is 0. The van der Waals surface area contributed by atoms with Crippen LogP contribution in [0.4, 0.5) is 5.69 Å². The van der Waals surface area contributed by atoms with Crippen LogP contribution in [0.1, 0.15) is 43.5 Å². The summed E-state index contributed by atoms with van der Waals surface area (Å²) in [6, 6.07) is 9.67. The lowest BCUT2D eigenvalue weighted by Crippen LogP contribution is -2.39. The summed E-state index contributed by atoms with van der Waals surface area (Å²) in [5.74, 6) is -1.18. The van der Waals surface area contributed by atoms with Crippen LogP contribution in [-0.4, -0.2) is 16.8 Å². The predicted molar refractivity (Wildman–Crippen MR) is 99.1 cm³/mol. The molecule has 0 aliphatic rings. The van der Waals surface area contributed by atoms with Crippen LogP contribution in [0.5, 0.6) is 0 Å². The highest BCUT2D eigenvalue weighted by atomic mass is 16.2. The molecule has 0 aliphatic carbocycles.